The van der Waals surface area contributed by atoms with Crippen LogP contribution >= 0.6 is 0 Å². The summed E-state index contributed by atoms with van der Waals surface area (Å²) >= 11 is 0. The fraction of sp³-hybridized carbons (Fsp3) is 0.923. The summed E-state index contributed by atoms with van der Waals surface area (Å²) in [4.78, 5) is 10.6. The Morgan fingerprint density at radius 2 is 1.88 bits per heavy atom. The smallest absolute Gasteiger partial charge is 0.306 e. The summed E-state index contributed by atoms with van der Waals surface area (Å²) in [7, 11) is 0. The van der Waals surface area contributed by atoms with E-state index in [2.05, 4.69) is 12.2 Å². The number of hydrogen-bond acceptors (Lipinski definition) is 3. The topological polar surface area (TPSA) is 58.6 Å². The minimum Gasteiger partial charge on any atom is -0.481 e. The Morgan fingerprint density at radius 3 is 2.41 bits per heavy atom. The van der Waals surface area contributed by atoms with Crippen molar-refractivity contribution in [3.05, 3.63) is 0 Å². The molecule has 0 bridgehead atoms. The summed E-state index contributed by atoms with van der Waals surface area (Å²) in [6, 6.07) is 0.423. The van der Waals surface area contributed by atoms with E-state index in [1.807, 2.05) is 13.8 Å². The number of rotatable bonds is 10. The maximum atomic E-state index is 10.6. The van der Waals surface area contributed by atoms with Gasteiger partial charge in [-0.15, -0.1) is 0 Å². The van der Waals surface area contributed by atoms with E-state index in [9.17, 15) is 4.79 Å². The van der Waals surface area contributed by atoms with E-state index in [0.717, 1.165) is 32.4 Å². The number of nitrogens with one attached hydrogen (secondary N) is 1. The molecule has 4 heteroatoms. The standard InChI is InChI=1S/C13H27NO3/c1-10(2)17-9-8-14-12(4)7-5-6-11(3)13(15)16/h10-12,14H,5-9H2,1-4H3,(H,15,16). The van der Waals surface area contributed by atoms with Crippen LogP contribution in [0.4, 0.5) is 0 Å². The van der Waals surface area contributed by atoms with Crippen molar-refractivity contribution in [2.75, 3.05) is 13.2 Å². The molecule has 17 heavy (non-hydrogen) atoms. The highest BCUT2D eigenvalue weighted by atomic mass is 16.5. The second-order valence-electron chi connectivity index (χ2n) is 4.94. The van der Waals surface area contributed by atoms with Crippen molar-refractivity contribution in [2.45, 2.75) is 59.1 Å². The van der Waals surface area contributed by atoms with Crippen LogP contribution in [0.5, 0.6) is 0 Å². The van der Waals surface area contributed by atoms with Gasteiger partial charge in [0.25, 0.3) is 0 Å². The van der Waals surface area contributed by atoms with E-state index >= 15 is 0 Å². The van der Waals surface area contributed by atoms with Crippen LogP contribution in [-0.2, 0) is 9.53 Å². The first kappa shape index (κ1) is 16.4. The number of ether oxygens (including phenoxy) is 1. The largest absolute Gasteiger partial charge is 0.481 e. The Morgan fingerprint density at radius 1 is 1.24 bits per heavy atom. The number of hydrogen-bond donors (Lipinski definition) is 2. The van der Waals surface area contributed by atoms with E-state index in [1.165, 1.54) is 0 Å². The van der Waals surface area contributed by atoms with Crippen LogP contribution in [0.1, 0.15) is 47.0 Å². The van der Waals surface area contributed by atoms with Crippen molar-refractivity contribution >= 4 is 5.97 Å². The molecule has 0 saturated carbocycles. The first-order valence-corrected chi connectivity index (χ1v) is 6.51. The second-order valence-corrected chi connectivity index (χ2v) is 4.94. The average Bonchev–Trinajstić information content (AvgIpc) is 2.23. The van der Waals surface area contributed by atoms with Gasteiger partial charge in [0.1, 0.15) is 0 Å². The van der Waals surface area contributed by atoms with Gasteiger partial charge in [0.2, 0.25) is 0 Å². The normalized spacial score (nSPS) is 14.9. The highest BCUT2D eigenvalue weighted by Crippen LogP contribution is 2.09. The van der Waals surface area contributed by atoms with Gasteiger partial charge in [-0.3, -0.25) is 4.79 Å². The molecule has 0 aliphatic heterocycles. The fourth-order valence-electron chi connectivity index (χ4n) is 1.56. The first-order valence-electron chi connectivity index (χ1n) is 6.51. The molecule has 0 saturated heterocycles. The first-order chi connectivity index (χ1) is 7.93. The Kier molecular flexibility index (Phi) is 9.09. The van der Waals surface area contributed by atoms with E-state index < -0.39 is 5.97 Å². The number of carboxylic acids is 1. The lowest BCUT2D eigenvalue weighted by Crippen LogP contribution is -2.30. The van der Waals surface area contributed by atoms with Gasteiger partial charge >= 0.3 is 5.97 Å². The molecule has 0 aromatic heterocycles. The zero-order chi connectivity index (χ0) is 13.3. The van der Waals surface area contributed by atoms with Crippen LogP contribution in [0.25, 0.3) is 0 Å². The molecule has 0 spiro atoms. The minimum atomic E-state index is -0.698. The monoisotopic (exact) mass is 245 g/mol. The highest BCUT2D eigenvalue weighted by molar-refractivity contribution is 5.69. The highest BCUT2D eigenvalue weighted by Gasteiger charge is 2.10. The van der Waals surface area contributed by atoms with E-state index in [1.54, 1.807) is 6.92 Å². The predicted octanol–water partition coefficient (Wildman–Crippen LogP) is 2.28. The molecule has 0 heterocycles. The Bertz CT molecular complexity index is 207. The molecule has 0 rings (SSSR count). The quantitative estimate of drug-likeness (QED) is 0.580. The van der Waals surface area contributed by atoms with Gasteiger partial charge in [-0.05, 0) is 33.6 Å². The van der Waals surface area contributed by atoms with Crippen molar-refractivity contribution < 1.29 is 14.6 Å². The van der Waals surface area contributed by atoms with Crippen LogP contribution in [0.3, 0.4) is 0 Å². The molecule has 0 aliphatic carbocycles. The summed E-state index contributed by atoms with van der Waals surface area (Å²) in [6.45, 7) is 9.52. The zero-order valence-electron chi connectivity index (χ0n) is 11.5. The molecular formula is C13H27NO3. The zero-order valence-corrected chi connectivity index (χ0v) is 11.5. The van der Waals surface area contributed by atoms with Gasteiger partial charge in [0.15, 0.2) is 0 Å². The molecule has 0 aromatic rings. The molecule has 0 radical (unpaired) electrons. The maximum Gasteiger partial charge on any atom is 0.306 e. The molecule has 102 valence electrons. The molecule has 0 aliphatic rings. The van der Waals surface area contributed by atoms with Gasteiger partial charge in [-0.2, -0.15) is 0 Å². The van der Waals surface area contributed by atoms with Gasteiger partial charge in [-0.1, -0.05) is 13.3 Å². The predicted molar refractivity (Wildman–Crippen MR) is 69.2 cm³/mol. The second kappa shape index (κ2) is 9.42. The summed E-state index contributed by atoms with van der Waals surface area (Å²) in [5.41, 5.74) is 0. The maximum absolute atomic E-state index is 10.6. The van der Waals surface area contributed by atoms with Crippen LogP contribution < -0.4 is 5.32 Å². The van der Waals surface area contributed by atoms with Crippen molar-refractivity contribution in [3.8, 4) is 0 Å². The summed E-state index contributed by atoms with van der Waals surface area (Å²) in [6.07, 6.45) is 3.00. The summed E-state index contributed by atoms with van der Waals surface area (Å²) in [5.74, 6) is -0.928. The van der Waals surface area contributed by atoms with E-state index in [-0.39, 0.29) is 12.0 Å². The van der Waals surface area contributed by atoms with Crippen molar-refractivity contribution in [1.29, 1.82) is 0 Å². The van der Waals surface area contributed by atoms with Crippen LogP contribution in [-0.4, -0.2) is 36.4 Å². The molecule has 0 fully saturated rings. The van der Waals surface area contributed by atoms with Crippen LogP contribution in [0, 0.1) is 5.92 Å². The number of carbonyl (C=O) groups is 1. The molecule has 0 aromatic carbocycles. The Balaban J connectivity index is 3.40. The van der Waals surface area contributed by atoms with Gasteiger partial charge < -0.3 is 15.2 Å². The number of aliphatic carboxylic acids is 1. The minimum absolute atomic E-state index is 0.230. The lowest BCUT2D eigenvalue weighted by atomic mass is 10.0. The third kappa shape index (κ3) is 10.3. The van der Waals surface area contributed by atoms with Crippen LogP contribution in [0.2, 0.25) is 0 Å². The van der Waals surface area contributed by atoms with Gasteiger partial charge in [0.05, 0.1) is 18.6 Å². The lowest BCUT2D eigenvalue weighted by molar-refractivity contribution is -0.141. The SMILES string of the molecule is CC(CCCC(C)C(=O)O)NCCOC(C)C. The van der Waals surface area contributed by atoms with E-state index in [4.69, 9.17) is 9.84 Å². The third-order valence-corrected chi connectivity index (χ3v) is 2.74. The average molecular weight is 245 g/mol. The summed E-state index contributed by atoms with van der Waals surface area (Å²) in [5, 5.41) is 12.1. The third-order valence-electron chi connectivity index (χ3n) is 2.74. The van der Waals surface area contributed by atoms with Crippen molar-refractivity contribution in [1.82, 2.24) is 5.32 Å². The Hall–Kier alpha value is -0.610. The summed E-state index contributed by atoms with van der Waals surface area (Å²) < 4.78 is 5.43. The van der Waals surface area contributed by atoms with Crippen LogP contribution in [0.15, 0.2) is 0 Å². The van der Waals surface area contributed by atoms with E-state index in [0.29, 0.717) is 6.04 Å². The Labute approximate surface area is 105 Å². The molecule has 0 amide bonds. The molecule has 4 nitrogen and oxygen atoms in total. The van der Waals surface area contributed by atoms with Crippen molar-refractivity contribution in [2.24, 2.45) is 5.92 Å². The number of carboxylic acid groups (broad SMARTS) is 1. The van der Waals surface area contributed by atoms with Gasteiger partial charge in [-0.25, -0.2) is 0 Å². The lowest BCUT2D eigenvalue weighted by Gasteiger charge is -2.15. The van der Waals surface area contributed by atoms with Crippen molar-refractivity contribution in [3.63, 3.8) is 0 Å². The fourth-order valence-corrected chi connectivity index (χ4v) is 1.56. The molecule has 2 unspecified atom stereocenters. The molecular weight excluding hydrogens is 218 g/mol. The molecule has 2 atom stereocenters. The molecule has 2 N–H and O–H groups in total. The van der Waals surface area contributed by atoms with Gasteiger partial charge in [0, 0.05) is 12.6 Å².